The number of carbonyl (C=O) groups excluding carboxylic acids is 1. The van der Waals surface area contributed by atoms with Gasteiger partial charge in [-0.05, 0) is 12.1 Å². The van der Waals surface area contributed by atoms with Crippen molar-refractivity contribution in [1.82, 2.24) is 4.98 Å². The van der Waals surface area contributed by atoms with Crippen molar-refractivity contribution in [3.63, 3.8) is 0 Å². The van der Waals surface area contributed by atoms with Gasteiger partial charge in [0.05, 0.1) is 5.52 Å². The van der Waals surface area contributed by atoms with Gasteiger partial charge in [-0.15, -0.1) is 0 Å². The fourth-order valence-corrected chi connectivity index (χ4v) is 1.35. The second-order valence-corrected chi connectivity index (χ2v) is 3.19. The third-order valence-corrected chi connectivity index (χ3v) is 2.15. The van der Waals surface area contributed by atoms with Crippen LogP contribution in [0.25, 0.3) is 10.9 Å². The van der Waals surface area contributed by atoms with E-state index in [-0.39, 0.29) is 5.15 Å². The predicted octanol–water partition coefficient (Wildman–Crippen LogP) is 2.84. The van der Waals surface area contributed by atoms with Gasteiger partial charge < -0.3 is 0 Å². The van der Waals surface area contributed by atoms with Crippen LogP contribution in [-0.4, -0.2) is 11.3 Å². The van der Waals surface area contributed by atoms with E-state index < -0.39 is 5.82 Å². The van der Waals surface area contributed by atoms with Crippen LogP contribution < -0.4 is 0 Å². The number of halogens is 2. The lowest BCUT2D eigenvalue weighted by atomic mass is 10.1. The molecular weight excluding hydrogens is 205 g/mol. The van der Waals surface area contributed by atoms with Crippen molar-refractivity contribution in [3.8, 4) is 0 Å². The summed E-state index contributed by atoms with van der Waals surface area (Å²) in [5.41, 5.74) is 1.01. The quantitative estimate of drug-likeness (QED) is 0.534. The summed E-state index contributed by atoms with van der Waals surface area (Å²) in [5, 5.41) is 0.443. The number of hydrogen-bond acceptors (Lipinski definition) is 2. The average molecular weight is 210 g/mol. The summed E-state index contributed by atoms with van der Waals surface area (Å²) in [7, 11) is 0. The molecule has 0 atom stereocenters. The number of aromatic nitrogens is 1. The van der Waals surface area contributed by atoms with E-state index in [1.165, 1.54) is 6.07 Å². The molecule has 2 nitrogen and oxygen atoms in total. The molecule has 70 valence electrons. The van der Waals surface area contributed by atoms with Gasteiger partial charge in [0.25, 0.3) is 0 Å². The second kappa shape index (κ2) is 3.35. The van der Waals surface area contributed by atoms with Gasteiger partial charge in [0, 0.05) is 10.9 Å². The van der Waals surface area contributed by atoms with E-state index >= 15 is 0 Å². The van der Waals surface area contributed by atoms with Crippen molar-refractivity contribution in [1.29, 1.82) is 0 Å². The third kappa shape index (κ3) is 1.46. The number of aldehydes is 1. The van der Waals surface area contributed by atoms with Crippen LogP contribution in [0, 0.1) is 5.82 Å². The van der Waals surface area contributed by atoms with Crippen LogP contribution in [-0.2, 0) is 0 Å². The van der Waals surface area contributed by atoms with E-state index in [9.17, 15) is 9.18 Å². The molecule has 0 spiro atoms. The monoisotopic (exact) mass is 209 g/mol. The molecule has 1 aromatic carbocycles. The van der Waals surface area contributed by atoms with E-state index in [1.54, 1.807) is 18.2 Å². The van der Waals surface area contributed by atoms with Crippen molar-refractivity contribution in [2.24, 2.45) is 0 Å². The maximum absolute atomic E-state index is 13.0. The molecule has 4 heteroatoms. The summed E-state index contributed by atoms with van der Waals surface area (Å²) in [6.45, 7) is 0. The highest BCUT2D eigenvalue weighted by molar-refractivity contribution is 6.30. The van der Waals surface area contributed by atoms with E-state index in [2.05, 4.69) is 4.98 Å². The Labute approximate surface area is 84.3 Å². The topological polar surface area (TPSA) is 30.0 Å². The maximum Gasteiger partial charge on any atom is 0.165 e. The van der Waals surface area contributed by atoms with Crippen molar-refractivity contribution in [3.05, 3.63) is 40.8 Å². The molecule has 2 aromatic rings. The molecular formula is C10H5ClFNO. The van der Waals surface area contributed by atoms with Gasteiger partial charge in [0.2, 0.25) is 0 Å². The first-order valence-corrected chi connectivity index (χ1v) is 4.29. The fourth-order valence-electron chi connectivity index (χ4n) is 1.21. The predicted molar refractivity (Wildman–Crippen MR) is 52.1 cm³/mol. The number of hydrogen-bond donors (Lipinski definition) is 0. The molecule has 0 unspecified atom stereocenters. The van der Waals surface area contributed by atoms with E-state index in [4.69, 9.17) is 11.6 Å². The highest BCUT2D eigenvalue weighted by Gasteiger charge is 2.04. The van der Waals surface area contributed by atoms with Gasteiger partial charge in [-0.3, -0.25) is 4.79 Å². The summed E-state index contributed by atoms with van der Waals surface area (Å²) in [4.78, 5) is 14.3. The molecule has 1 aromatic heterocycles. The Morgan fingerprint density at radius 3 is 2.86 bits per heavy atom. The molecule has 0 saturated heterocycles. The van der Waals surface area contributed by atoms with E-state index in [1.807, 2.05) is 0 Å². The fraction of sp³-hybridized carbons (Fsp3) is 0. The summed E-state index contributed by atoms with van der Waals surface area (Å²) < 4.78 is 13.0. The molecule has 0 aliphatic heterocycles. The average Bonchev–Trinajstić information content (AvgIpc) is 2.19. The molecule has 14 heavy (non-hydrogen) atoms. The number of nitrogens with zero attached hydrogens (tertiary/aromatic N) is 1. The Balaban J connectivity index is 2.76. The summed E-state index contributed by atoms with van der Waals surface area (Å²) in [6.07, 6.45) is 0.707. The number of carbonyl (C=O) groups is 1. The third-order valence-electron chi connectivity index (χ3n) is 1.89. The zero-order valence-electron chi connectivity index (χ0n) is 7.00. The van der Waals surface area contributed by atoms with Crippen LogP contribution in [0.2, 0.25) is 5.15 Å². The van der Waals surface area contributed by atoms with Crippen LogP contribution in [0.1, 0.15) is 10.4 Å². The minimum Gasteiger partial charge on any atom is -0.298 e. The number of benzene rings is 1. The highest BCUT2D eigenvalue weighted by Crippen LogP contribution is 2.19. The van der Waals surface area contributed by atoms with Crippen molar-refractivity contribution >= 4 is 28.8 Å². The molecule has 0 amide bonds. The van der Waals surface area contributed by atoms with Gasteiger partial charge >= 0.3 is 0 Å². The van der Waals surface area contributed by atoms with Crippen molar-refractivity contribution in [2.45, 2.75) is 0 Å². The summed E-state index contributed by atoms with van der Waals surface area (Å²) >= 11 is 5.51. The normalized spacial score (nSPS) is 10.4. The Bertz CT molecular complexity index is 513. The molecule has 0 aliphatic rings. The lowest BCUT2D eigenvalue weighted by Crippen LogP contribution is -1.87. The van der Waals surface area contributed by atoms with Gasteiger partial charge in [-0.2, -0.15) is 0 Å². The Hall–Kier alpha value is -1.48. The molecule has 1 heterocycles. The van der Waals surface area contributed by atoms with Crippen LogP contribution in [0.4, 0.5) is 4.39 Å². The standard InChI is InChI=1S/C10H5ClFNO/c11-10-8(12)4-7-2-1-6(5-14)3-9(7)13-10/h1-5H. The van der Waals surface area contributed by atoms with Crippen LogP contribution >= 0.6 is 11.6 Å². The maximum atomic E-state index is 13.0. The minimum atomic E-state index is -0.557. The lowest BCUT2D eigenvalue weighted by Gasteiger charge is -1.99. The summed E-state index contributed by atoms with van der Waals surface area (Å²) in [6, 6.07) is 6.09. The molecule has 0 saturated carbocycles. The first-order valence-electron chi connectivity index (χ1n) is 3.91. The molecule has 2 rings (SSSR count). The van der Waals surface area contributed by atoms with E-state index in [0.29, 0.717) is 22.8 Å². The first-order chi connectivity index (χ1) is 6.70. The molecule has 0 fully saturated rings. The van der Waals surface area contributed by atoms with Gasteiger partial charge in [-0.1, -0.05) is 23.7 Å². The first kappa shape index (κ1) is 9.09. The van der Waals surface area contributed by atoms with Crippen LogP contribution in [0.5, 0.6) is 0 Å². The molecule has 0 bridgehead atoms. The van der Waals surface area contributed by atoms with E-state index in [0.717, 1.165) is 0 Å². The largest absolute Gasteiger partial charge is 0.298 e. The number of rotatable bonds is 1. The Morgan fingerprint density at radius 2 is 2.14 bits per heavy atom. The van der Waals surface area contributed by atoms with Crippen molar-refractivity contribution < 1.29 is 9.18 Å². The second-order valence-electron chi connectivity index (χ2n) is 2.83. The lowest BCUT2D eigenvalue weighted by molar-refractivity contribution is 0.112. The number of pyridine rings is 1. The van der Waals surface area contributed by atoms with Crippen molar-refractivity contribution in [2.75, 3.05) is 0 Å². The number of fused-ring (bicyclic) bond motifs is 1. The zero-order chi connectivity index (χ0) is 10.1. The Morgan fingerprint density at radius 1 is 1.36 bits per heavy atom. The zero-order valence-corrected chi connectivity index (χ0v) is 7.75. The van der Waals surface area contributed by atoms with Gasteiger partial charge in [-0.25, -0.2) is 9.37 Å². The smallest absolute Gasteiger partial charge is 0.165 e. The molecule has 0 N–H and O–H groups in total. The minimum absolute atomic E-state index is 0.180. The summed E-state index contributed by atoms with van der Waals surface area (Å²) in [5.74, 6) is -0.557. The van der Waals surface area contributed by atoms with Crippen LogP contribution in [0.3, 0.4) is 0 Å². The molecule has 0 radical (unpaired) electrons. The Kier molecular flexibility index (Phi) is 2.17. The van der Waals surface area contributed by atoms with Gasteiger partial charge in [0.15, 0.2) is 11.0 Å². The SMILES string of the molecule is O=Cc1ccc2cc(F)c(Cl)nc2c1. The molecule has 0 aliphatic carbocycles. The van der Waals surface area contributed by atoms with Gasteiger partial charge in [0.1, 0.15) is 6.29 Å². The van der Waals surface area contributed by atoms with Crippen LogP contribution in [0.15, 0.2) is 24.3 Å². The highest BCUT2D eigenvalue weighted by atomic mass is 35.5.